The molecule has 276 valence electrons. The molecule has 2 N–H and O–H groups in total. The fourth-order valence-electron chi connectivity index (χ4n) is 5.92. The van der Waals surface area contributed by atoms with Crippen LogP contribution < -0.4 is 10.6 Å². The van der Waals surface area contributed by atoms with E-state index in [0.717, 1.165) is 116 Å². The van der Waals surface area contributed by atoms with Crippen molar-refractivity contribution in [3.05, 3.63) is 0 Å². The van der Waals surface area contributed by atoms with Gasteiger partial charge in [-0.15, -0.1) is 0 Å². The largest absolute Gasteiger partial charge is 0.465 e. The molecule has 0 bridgehead atoms. The molecule has 47 heavy (non-hydrogen) atoms. The molecule has 2 amide bonds. The molecular weight excluding hydrogens is 592 g/mol. The third-order valence-electron chi connectivity index (χ3n) is 8.91. The molecule has 0 fully saturated rings. The predicted molar refractivity (Wildman–Crippen MR) is 193 cm³/mol. The van der Waals surface area contributed by atoms with E-state index >= 15 is 0 Å². The zero-order valence-electron chi connectivity index (χ0n) is 31.3. The number of carbonyl (C=O) groups excluding carboxylic acids is 4. The molecule has 0 spiro atoms. The van der Waals surface area contributed by atoms with Crippen LogP contribution in [0.15, 0.2) is 0 Å². The lowest BCUT2D eigenvalue weighted by Gasteiger charge is -2.18. The summed E-state index contributed by atoms with van der Waals surface area (Å²) in [6, 6.07) is -0.539. The molecule has 0 aliphatic carbocycles. The quantitative estimate of drug-likeness (QED) is 0.0533. The van der Waals surface area contributed by atoms with Gasteiger partial charge in [0.25, 0.3) is 0 Å². The molecule has 0 heterocycles. The summed E-state index contributed by atoms with van der Waals surface area (Å²) in [6.07, 6.45) is 22.9. The van der Waals surface area contributed by atoms with Crippen molar-refractivity contribution in [2.75, 3.05) is 19.8 Å². The summed E-state index contributed by atoms with van der Waals surface area (Å²) in [5, 5.41) is 5.87. The van der Waals surface area contributed by atoms with E-state index in [0.29, 0.717) is 26.0 Å². The van der Waals surface area contributed by atoms with Crippen molar-refractivity contribution < 1.29 is 28.7 Å². The van der Waals surface area contributed by atoms with E-state index in [4.69, 9.17) is 9.47 Å². The van der Waals surface area contributed by atoms with Gasteiger partial charge in [0, 0.05) is 13.0 Å². The maximum atomic E-state index is 12.8. The van der Waals surface area contributed by atoms with Crippen molar-refractivity contribution >= 4 is 23.8 Å². The summed E-state index contributed by atoms with van der Waals surface area (Å²) in [6.45, 7) is 11.9. The number of carbonyl (C=O) groups is 4. The van der Waals surface area contributed by atoms with Crippen LogP contribution in [0.4, 0.5) is 0 Å². The Hall–Kier alpha value is -2.12. The molecule has 8 nitrogen and oxygen atoms in total. The fourth-order valence-corrected chi connectivity index (χ4v) is 5.92. The smallest absolute Gasteiger partial charge is 0.308 e. The van der Waals surface area contributed by atoms with Gasteiger partial charge in [-0.3, -0.25) is 19.2 Å². The Morgan fingerprint density at radius 2 is 0.979 bits per heavy atom. The Balaban J connectivity index is 4.13. The third kappa shape index (κ3) is 25.6. The Morgan fingerprint density at radius 1 is 0.489 bits per heavy atom. The van der Waals surface area contributed by atoms with Crippen LogP contribution in [0.25, 0.3) is 0 Å². The lowest BCUT2D eigenvalue weighted by atomic mass is 9.95. The summed E-state index contributed by atoms with van der Waals surface area (Å²) in [5.74, 6) is -0.452. The molecule has 3 atom stereocenters. The number of unbranched alkanes of at least 4 members (excludes halogenated alkanes) is 11. The van der Waals surface area contributed by atoms with Gasteiger partial charge in [-0.25, -0.2) is 0 Å². The van der Waals surface area contributed by atoms with Gasteiger partial charge < -0.3 is 20.1 Å². The first-order valence-electron chi connectivity index (χ1n) is 19.7. The van der Waals surface area contributed by atoms with Crippen molar-refractivity contribution in [3.8, 4) is 0 Å². The molecule has 0 aromatic heterocycles. The monoisotopic (exact) mass is 667 g/mol. The van der Waals surface area contributed by atoms with Crippen molar-refractivity contribution in [1.29, 1.82) is 0 Å². The zero-order valence-corrected chi connectivity index (χ0v) is 31.3. The number of ether oxygens (including phenoxy) is 2. The maximum Gasteiger partial charge on any atom is 0.308 e. The summed E-state index contributed by atoms with van der Waals surface area (Å²) < 4.78 is 11.1. The van der Waals surface area contributed by atoms with E-state index in [1.807, 2.05) is 6.92 Å². The van der Waals surface area contributed by atoms with Crippen LogP contribution in [0.5, 0.6) is 0 Å². The van der Waals surface area contributed by atoms with Crippen LogP contribution in [0.1, 0.15) is 189 Å². The molecule has 0 saturated carbocycles. The molecule has 0 aliphatic heterocycles. The normalized spacial score (nSPS) is 13.0. The van der Waals surface area contributed by atoms with Crippen molar-refractivity contribution in [1.82, 2.24) is 10.6 Å². The SMILES string of the molecule is CCCCCCC(CCCC)C(=O)OCCCCCCCCNC(=O)C(CCC)NC(=O)CCCOC(=O)C(CCC)CCCCC. The lowest BCUT2D eigenvalue weighted by Crippen LogP contribution is -2.46. The molecular formula is C39H74N2O6. The molecule has 3 unspecified atom stereocenters. The summed E-state index contributed by atoms with van der Waals surface area (Å²) in [4.78, 5) is 50.3. The first-order valence-corrected chi connectivity index (χ1v) is 19.7. The van der Waals surface area contributed by atoms with E-state index in [1.165, 1.54) is 19.3 Å². The standard InChI is InChI=1S/C39H74N2O6/c1-6-11-14-20-28-34(26-13-8-3)39(45)46-31-22-18-16-15-17-21-30-40-37(43)35(25-10-5)41-36(42)29-23-32-47-38(44)33(24-9-4)27-19-12-7-2/h33-35H,6-32H2,1-5H3,(H,40,43)(H,41,42). The second kappa shape index (κ2) is 32.4. The zero-order chi connectivity index (χ0) is 35.0. The minimum Gasteiger partial charge on any atom is -0.465 e. The van der Waals surface area contributed by atoms with Crippen LogP contribution in [0.2, 0.25) is 0 Å². The Kier molecular flexibility index (Phi) is 31.0. The van der Waals surface area contributed by atoms with E-state index in [1.54, 1.807) is 0 Å². The summed E-state index contributed by atoms with van der Waals surface area (Å²) in [5.41, 5.74) is 0. The molecule has 0 aromatic carbocycles. The van der Waals surface area contributed by atoms with E-state index in [-0.39, 0.29) is 48.6 Å². The van der Waals surface area contributed by atoms with Crippen LogP contribution >= 0.6 is 0 Å². The van der Waals surface area contributed by atoms with Gasteiger partial charge in [-0.2, -0.15) is 0 Å². The highest BCUT2D eigenvalue weighted by Gasteiger charge is 2.21. The highest BCUT2D eigenvalue weighted by atomic mass is 16.5. The number of hydrogen-bond acceptors (Lipinski definition) is 6. The highest BCUT2D eigenvalue weighted by Crippen LogP contribution is 2.20. The van der Waals surface area contributed by atoms with Crippen molar-refractivity contribution in [3.63, 3.8) is 0 Å². The molecule has 0 rings (SSSR count). The minimum absolute atomic E-state index is 0.00208. The second-order valence-corrected chi connectivity index (χ2v) is 13.4. The van der Waals surface area contributed by atoms with Gasteiger partial charge in [0.1, 0.15) is 6.04 Å². The number of hydrogen-bond donors (Lipinski definition) is 2. The average molecular weight is 667 g/mol. The lowest BCUT2D eigenvalue weighted by molar-refractivity contribution is -0.150. The molecule has 0 radical (unpaired) electrons. The fraction of sp³-hybridized carbons (Fsp3) is 0.897. The summed E-state index contributed by atoms with van der Waals surface area (Å²) >= 11 is 0. The Morgan fingerprint density at radius 3 is 1.60 bits per heavy atom. The number of amides is 2. The maximum absolute atomic E-state index is 12.8. The first kappa shape index (κ1) is 44.9. The minimum atomic E-state index is -0.539. The Labute approximate surface area is 289 Å². The topological polar surface area (TPSA) is 111 Å². The van der Waals surface area contributed by atoms with Gasteiger partial charge in [-0.05, 0) is 51.4 Å². The summed E-state index contributed by atoms with van der Waals surface area (Å²) in [7, 11) is 0. The van der Waals surface area contributed by atoms with Crippen LogP contribution in [0, 0.1) is 11.8 Å². The first-order chi connectivity index (χ1) is 22.8. The van der Waals surface area contributed by atoms with Crippen LogP contribution in [-0.4, -0.2) is 49.6 Å². The van der Waals surface area contributed by atoms with Crippen LogP contribution in [0.3, 0.4) is 0 Å². The number of rotatable bonds is 33. The predicted octanol–water partition coefficient (Wildman–Crippen LogP) is 9.37. The second-order valence-electron chi connectivity index (χ2n) is 13.4. The molecule has 0 aliphatic rings. The van der Waals surface area contributed by atoms with Crippen LogP contribution in [-0.2, 0) is 28.7 Å². The molecule has 0 saturated heterocycles. The van der Waals surface area contributed by atoms with E-state index < -0.39 is 6.04 Å². The van der Waals surface area contributed by atoms with Gasteiger partial charge in [0.05, 0.1) is 25.0 Å². The molecule has 8 heteroatoms. The molecule has 0 aromatic rings. The van der Waals surface area contributed by atoms with Gasteiger partial charge in [0.15, 0.2) is 0 Å². The number of nitrogens with one attached hydrogen (secondary N) is 2. The van der Waals surface area contributed by atoms with E-state index in [2.05, 4.69) is 38.3 Å². The third-order valence-corrected chi connectivity index (χ3v) is 8.91. The van der Waals surface area contributed by atoms with Gasteiger partial charge in [-0.1, -0.05) is 131 Å². The van der Waals surface area contributed by atoms with Crippen molar-refractivity contribution in [2.24, 2.45) is 11.8 Å². The van der Waals surface area contributed by atoms with Gasteiger partial charge >= 0.3 is 11.9 Å². The van der Waals surface area contributed by atoms with Crippen molar-refractivity contribution in [2.45, 2.75) is 195 Å². The Bertz CT molecular complexity index is 789. The highest BCUT2D eigenvalue weighted by molar-refractivity contribution is 5.87. The number of esters is 2. The van der Waals surface area contributed by atoms with E-state index in [9.17, 15) is 19.2 Å². The average Bonchev–Trinajstić information content (AvgIpc) is 3.06. The van der Waals surface area contributed by atoms with Gasteiger partial charge in [0.2, 0.25) is 11.8 Å².